The Hall–Kier alpha value is -2.18. The molecule has 1 atom stereocenters. The topological polar surface area (TPSA) is 99.3 Å². The predicted octanol–water partition coefficient (Wildman–Crippen LogP) is 0.944. The Morgan fingerprint density at radius 3 is 2.39 bits per heavy atom. The number of nitrogens with one attached hydrogen (secondary N) is 3. The first-order valence-electron chi connectivity index (χ1n) is 5.70. The van der Waals surface area contributed by atoms with Crippen LogP contribution in [-0.2, 0) is 0 Å². The molecule has 2 aromatic rings. The van der Waals surface area contributed by atoms with Crippen LogP contribution in [0.25, 0.3) is 0 Å². The molecule has 2 heterocycles. The second-order valence-electron chi connectivity index (χ2n) is 4.30. The fourth-order valence-corrected chi connectivity index (χ4v) is 2.03. The van der Waals surface area contributed by atoms with E-state index in [1.54, 1.807) is 6.92 Å². The van der Waals surface area contributed by atoms with E-state index in [9.17, 15) is 4.79 Å². The smallest absolute Gasteiger partial charge is 0.274 e. The highest BCUT2D eigenvalue weighted by atomic mass is 16.2. The summed E-state index contributed by atoms with van der Waals surface area (Å²) in [7, 11) is 0. The second kappa shape index (κ2) is 4.59. The van der Waals surface area contributed by atoms with E-state index < -0.39 is 0 Å². The first-order chi connectivity index (χ1) is 8.50. The highest BCUT2D eigenvalue weighted by Gasteiger charge is 2.19. The lowest BCUT2D eigenvalue weighted by Gasteiger charge is -2.13. The molecule has 3 N–H and O–H groups in total. The van der Waals surface area contributed by atoms with Crippen molar-refractivity contribution >= 4 is 5.91 Å². The van der Waals surface area contributed by atoms with Gasteiger partial charge in [0.1, 0.15) is 0 Å². The van der Waals surface area contributed by atoms with Crippen molar-refractivity contribution in [2.75, 3.05) is 0 Å². The van der Waals surface area contributed by atoms with Crippen LogP contribution in [0, 0.1) is 20.8 Å². The lowest BCUT2D eigenvalue weighted by molar-refractivity contribution is 0.0934. The zero-order valence-corrected chi connectivity index (χ0v) is 10.8. The summed E-state index contributed by atoms with van der Waals surface area (Å²) in [5, 5.41) is 20.0. The van der Waals surface area contributed by atoms with Gasteiger partial charge in [0, 0.05) is 11.3 Å². The quantitative estimate of drug-likeness (QED) is 0.752. The molecule has 0 aromatic carbocycles. The predicted molar refractivity (Wildman–Crippen MR) is 65.1 cm³/mol. The molecule has 0 aliphatic carbocycles. The molecule has 0 saturated heterocycles. The van der Waals surface area contributed by atoms with E-state index in [4.69, 9.17) is 0 Å². The van der Waals surface area contributed by atoms with Gasteiger partial charge in [-0.1, -0.05) is 0 Å². The van der Waals surface area contributed by atoms with Crippen LogP contribution in [0.4, 0.5) is 0 Å². The molecule has 7 nitrogen and oxygen atoms in total. The maximum atomic E-state index is 12.0. The van der Waals surface area contributed by atoms with E-state index in [1.807, 2.05) is 20.8 Å². The van der Waals surface area contributed by atoms with E-state index in [0.29, 0.717) is 11.4 Å². The SMILES string of the molecule is Cc1n[nH]nc1C(=O)NC(C)c1c(C)n[nH]c1C. The summed E-state index contributed by atoms with van der Waals surface area (Å²) in [5.74, 6) is -0.242. The molecular formula is C11H16N6O. The van der Waals surface area contributed by atoms with Crippen LogP contribution < -0.4 is 5.32 Å². The van der Waals surface area contributed by atoms with Gasteiger partial charge < -0.3 is 5.32 Å². The van der Waals surface area contributed by atoms with Crippen molar-refractivity contribution in [2.45, 2.75) is 33.7 Å². The molecule has 0 aliphatic rings. The van der Waals surface area contributed by atoms with Gasteiger partial charge in [0.2, 0.25) is 0 Å². The summed E-state index contributed by atoms with van der Waals surface area (Å²) < 4.78 is 0. The van der Waals surface area contributed by atoms with Gasteiger partial charge in [-0.25, -0.2) is 0 Å². The van der Waals surface area contributed by atoms with Gasteiger partial charge >= 0.3 is 0 Å². The molecule has 7 heteroatoms. The first kappa shape index (κ1) is 12.3. The van der Waals surface area contributed by atoms with E-state index in [-0.39, 0.29) is 11.9 Å². The van der Waals surface area contributed by atoms with Gasteiger partial charge in [-0.05, 0) is 27.7 Å². The Labute approximate surface area is 104 Å². The molecule has 96 valence electrons. The number of aromatic amines is 2. The molecule has 18 heavy (non-hydrogen) atoms. The molecule has 0 aliphatic heterocycles. The monoisotopic (exact) mass is 248 g/mol. The zero-order valence-electron chi connectivity index (χ0n) is 10.8. The molecule has 0 bridgehead atoms. The molecule has 0 fully saturated rings. The minimum Gasteiger partial charge on any atom is -0.344 e. The molecule has 2 rings (SSSR count). The highest BCUT2D eigenvalue weighted by molar-refractivity contribution is 5.93. The molecule has 1 unspecified atom stereocenters. The molecule has 0 saturated carbocycles. The Morgan fingerprint density at radius 1 is 1.17 bits per heavy atom. The van der Waals surface area contributed by atoms with E-state index in [1.165, 1.54) is 0 Å². The third-order valence-electron chi connectivity index (χ3n) is 2.90. The zero-order chi connectivity index (χ0) is 13.3. The number of H-pyrrole nitrogens is 2. The summed E-state index contributed by atoms with van der Waals surface area (Å²) in [4.78, 5) is 12.0. The second-order valence-corrected chi connectivity index (χ2v) is 4.30. The van der Waals surface area contributed by atoms with Gasteiger partial charge in [-0.2, -0.15) is 20.5 Å². The number of amides is 1. The van der Waals surface area contributed by atoms with Crippen molar-refractivity contribution < 1.29 is 4.79 Å². The molecule has 2 aromatic heterocycles. The number of rotatable bonds is 3. The number of hydrogen-bond donors (Lipinski definition) is 3. The summed E-state index contributed by atoms with van der Waals surface area (Å²) in [6.07, 6.45) is 0. The highest BCUT2D eigenvalue weighted by Crippen LogP contribution is 2.19. The van der Waals surface area contributed by atoms with Gasteiger partial charge in [-0.15, -0.1) is 0 Å². The number of carbonyl (C=O) groups is 1. The van der Waals surface area contributed by atoms with Crippen molar-refractivity contribution in [1.82, 2.24) is 30.9 Å². The average Bonchev–Trinajstić information content (AvgIpc) is 2.85. The maximum Gasteiger partial charge on any atom is 0.274 e. The number of aryl methyl sites for hydroxylation is 3. The van der Waals surface area contributed by atoms with Crippen LogP contribution in [0.2, 0.25) is 0 Å². The minimum absolute atomic E-state index is 0.132. The lowest BCUT2D eigenvalue weighted by Crippen LogP contribution is -2.28. The third-order valence-corrected chi connectivity index (χ3v) is 2.90. The lowest BCUT2D eigenvalue weighted by atomic mass is 10.1. The summed E-state index contributed by atoms with van der Waals surface area (Å²) in [6, 6.07) is -0.132. The van der Waals surface area contributed by atoms with Crippen molar-refractivity contribution in [3.05, 3.63) is 28.3 Å². The molecular weight excluding hydrogens is 232 g/mol. The molecule has 0 radical (unpaired) electrons. The van der Waals surface area contributed by atoms with Crippen molar-refractivity contribution in [1.29, 1.82) is 0 Å². The summed E-state index contributed by atoms with van der Waals surface area (Å²) >= 11 is 0. The van der Waals surface area contributed by atoms with Crippen molar-refractivity contribution in [2.24, 2.45) is 0 Å². The van der Waals surface area contributed by atoms with Crippen LogP contribution in [0.1, 0.15) is 46.1 Å². The van der Waals surface area contributed by atoms with Crippen molar-refractivity contribution in [3.63, 3.8) is 0 Å². The van der Waals surface area contributed by atoms with Gasteiger partial charge in [-0.3, -0.25) is 9.89 Å². The average molecular weight is 248 g/mol. The largest absolute Gasteiger partial charge is 0.344 e. The Bertz CT molecular complexity index is 550. The van der Waals surface area contributed by atoms with Crippen LogP contribution >= 0.6 is 0 Å². The van der Waals surface area contributed by atoms with Gasteiger partial charge in [0.05, 0.1) is 17.4 Å². The number of nitrogens with zero attached hydrogens (tertiary/aromatic N) is 3. The Balaban J connectivity index is 2.16. The minimum atomic E-state index is -0.242. The Morgan fingerprint density at radius 2 is 1.89 bits per heavy atom. The number of hydrogen-bond acceptors (Lipinski definition) is 4. The van der Waals surface area contributed by atoms with Crippen LogP contribution in [0.15, 0.2) is 0 Å². The van der Waals surface area contributed by atoms with E-state index >= 15 is 0 Å². The normalized spacial score (nSPS) is 12.4. The van der Waals surface area contributed by atoms with Crippen LogP contribution in [-0.4, -0.2) is 31.5 Å². The fraction of sp³-hybridized carbons (Fsp3) is 0.455. The van der Waals surface area contributed by atoms with Crippen LogP contribution in [0.3, 0.4) is 0 Å². The standard InChI is InChI=1S/C11H16N6O/c1-5(9-6(2)13-14-7(9)3)12-11(18)10-8(4)15-17-16-10/h5H,1-4H3,(H,12,18)(H,13,14)(H,15,16,17). The number of carbonyl (C=O) groups excluding carboxylic acids is 1. The van der Waals surface area contributed by atoms with Crippen LogP contribution in [0.5, 0.6) is 0 Å². The summed E-state index contributed by atoms with van der Waals surface area (Å²) in [6.45, 7) is 7.48. The van der Waals surface area contributed by atoms with E-state index in [2.05, 4.69) is 30.9 Å². The Kier molecular flexibility index (Phi) is 3.14. The fourth-order valence-electron chi connectivity index (χ4n) is 2.03. The van der Waals surface area contributed by atoms with E-state index in [0.717, 1.165) is 17.0 Å². The maximum absolute atomic E-state index is 12.0. The third kappa shape index (κ3) is 2.11. The van der Waals surface area contributed by atoms with Crippen molar-refractivity contribution in [3.8, 4) is 0 Å². The molecule has 0 spiro atoms. The summed E-state index contributed by atoms with van der Waals surface area (Å²) in [5.41, 5.74) is 3.75. The van der Waals surface area contributed by atoms with Gasteiger partial charge in [0.25, 0.3) is 5.91 Å². The molecule has 1 amide bonds. The van der Waals surface area contributed by atoms with Gasteiger partial charge in [0.15, 0.2) is 5.69 Å². The number of aromatic nitrogens is 5. The first-order valence-corrected chi connectivity index (χ1v) is 5.70.